The van der Waals surface area contributed by atoms with Crippen LogP contribution in [0, 0.1) is 11.8 Å². The highest BCUT2D eigenvalue weighted by molar-refractivity contribution is 7.92. The summed E-state index contributed by atoms with van der Waals surface area (Å²) < 4.78 is 24.9. The number of rotatable bonds is 2. The van der Waals surface area contributed by atoms with E-state index in [0.29, 0.717) is 33.7 Å². The van der Waals surface area contributed by atoms with Crippen molar-refractivity contribution in [1.29, 1.82) is 0 Å². The lowest BCUT2D eigenvalue weighted by Gasteiger charge is -2.03. The maximum atomic E-state index is 11.3. The molecule has 3 aromatic rings. The Hall–Kier alpha value is -3.05. The lowest BCUT2D eigenvalue weighted by molar-refractivity contribution is 0.607. The number of H-pyrrole nitrogens is 1. The first-order chi connectivity index (χ1) is 10.9. The number of anilines is 2. The molecule has 3 rings (SSSR count). The Kier molecular flexibility index (Phi) is 3.64. The topological polar surface area (TPSA) is 114 Å². The molecule has 0 spiro atoms. The van der Waals surface area contributed by atoms with Crippen molar-refractivity contribution in [2.24, 2.45) is 0 Å². The third-order valence-electron chi connectivity index (χ3n) is 3.01. The van der Waals surface area contributed by atoms with Crippen LogP contribution in [0.4, 0.5) is 11.5 Å². The van der Waals surface area contributed by atoms with Crippen molar-refractivity contribution < 1.29 is 8.42 Å². The Labute approximate surface area is 133 Å². The third kappa shape index (κ3) is 3.41. The molecular weight excluding hydrogens is 314 g/mol. The molecule has 0 radical (unpaired) electrons. The zero-order valence-electron chi connectivity index (χ0n) is 12.2. The van der Waals surface area contributed by atoms with Crippen LogP contribution in [0.3, 0.4) is 0 Å². The van der Waals surface area contributed by atoms with Gasteiger partial charge in [0.25, 0.3) is 0 Å². The van der Waals surface area contributed by atoms with Gasteiger partial charge in [0.05, 0.1) is 17.2 Å². The molecule has 0 saturated carbocycles. The van der Waals surface area contributed by atoms with Gasteiger partial charge in [-0.1, -0.05) is 17.9 Å². The van der Waals surface area contributed by atoms with Crippen LogP contribution in [0.25, 0.3) is 11.0 Å². The highest BCUT2D eigenvalue weighted by atomic mass is 32.2. The van der Waals surface area contributed by atoms with Crippen LogP contribution in [0.2, 0.25) is 0 Å². The van der Waals surface area contributed by atoms with Crippen molar-refractivity contribution in [3.63, 3.8) is 0 Å². The molecule has 0 unspecified atom stereocenters. The maximum absolute atomic E-state index is 11.3. The van der Waals surface area contributed by atoms with Crippen LogP contribution in [0.15, 0.2) is 36.8 Å². The van der Waals surface area contributed by atoms with Crippen molar-refractivity contribution in [3.8, 4) is 11.8 Å². The standard InChI is InChI=1S/C15H13N5O2S/c1-23(21,22)20-12-4-2-3-10(7-12)5-6-11-8-17-15-13(11)14(16)18-9-19-15/h2-4,7-9,20H,1H3,(H3,16,17,18,19). The molecular formula is C15H13N5O2S. The smallest absolute Gasteiger partial charge is 0.229 e. The molecule has 2 aromatic heterocycles. The van der Waals surface area contributed by atoms with Crippen LogP contribution >= 0.6 is 0 Å². The summed E-state index contributed by atoms with van der Waals surface area (Å²) in [6.07, 6.45) is 4.19. The summed E-state index contributed by atoms with van der Waals surface area (Å²) in [4.78, 5) is 11.0. The summed E-state index contributed by atoms with van der Waals surface area (Å²) in [7, 11) is -3.32. The molecule has 0 bridgehead atoms. The largest absolute Gasteiger partial charge is 0.383 e. The average Bonchev–Trinajstić information content (AvgIpc) is 2.88. The molecule has 4 N–H and O–H groups in total. The number of nitrogens with zero attached hydrogens (tertiary/aromatic N) is 2. The van der Waals surface area contributed by atoms with Gasteiger partial charge in [0, 0.05) is 17.4 Å². The molecule has 1 aromatic carbocycles. The minimum absolute atomic E-state index is 0.355. The summed E-state index contributed by atoms with van der Waals surface area (Å²) in [6.45, 7) is 0. The fourth-order valence-corrected chi connectivity index (χ4v) is 2.65. The van der Waals surface area contributed by atoms with Gasteiger partial charge >= 0.3 is 0 Å². The quantitative estimate of drug-likeness (QED) is 0.614. The normalized spacial score (nSPS) is 11.0. The van der Waals surface area contributed by atoms with Crippen LogP contribution in [-0.4, -0.2) is 29.6 Å². The number of benzene rings is 1. The Morgan fingerprint density at radius 2 is 2.09 bits per heavy atom. The summed E-state index contributed by atoms with van der Waals surface area (Å²) in [6, 6.07) is 6.83. The molecule has 0 aliphatic rings. The third-order valence-corrected chi connectivity index (χ3v) is 3.61. The summed E-state index contributed by atoms with van der Waals surface area (Å²) in [5.41, 5.74) is 8.28. The fraction of sp³-hybridized carbons (Fsp3) is 0.0667. The molecule has 0 atom stereocenters. The van der Waals surface area contributed by atoms with Gasteiger partial charge in [-0.15, -0.1) is 0 Å². The molecule has 0 aliphatic carbocycles. The van der Waals surface area contributed by atoms with Gasteiger partial charge in [0.2, 0.25) is 10.0 Å². The van der Waals surface area contributed by atoms with E-state index in [1.165, 1.54) is 6.33 Å². The number of hydrogen-bond donors (Lipinski definition) is 3. The number of nitrogens with one attached hydrogen (secondary N) is 2. The second-order valence-corrected chi connectivity index (χ2v) is 6.64. The van der Waals surface area contributed by atoms with Crippen molar-refractivity contribution in [1.82, 2.24) is 15.0 Å². The predicted octanol–water partition coefficient (Wildman–Crippen LogP) is 1.31. The first-order valence-electron chi connectivity index (χ1n) is 6.60. The van der Waals surface area contributed by atoms with Crippen LogP contribution < -0.4 is 10.5 Å². The first kappa shape index (κ1) is 14.9. The molecule has 7 nitrogen and oxygen atoms in total. The minimum atomic E-state index is -3.32. The van der Waals surface area contributed by atoms with E-state index in [4.69, 9.17) is 5.73 Å². The van der Waals surface area contributed by atoms with Crippen molar-refractivity contribution in [2.75, 3.05) is 16.7 Å². The molecule has 0 aliphatic heterocycles. The first-order valence-corrected chi connectivity index (χ1v) is 8.49. The molecule has 23 heavy (non-hydrogen) atoms. The second kappa shape index (κ2) is 5.62. The van der Waals surface area contributed by atoms with E-state index < -0.39 is 10.0 Å². The van der Waals surface area contributed by atoms with Gasteiger partial charge in [-0.05, 0) is 18.2 Å². The molecule has 0 amide bonds. The monoisotopic (exact) mass is 327 g/mol. The van der Waals surface area contributed by atoms with Gasteiger partial charge in [0.15, 0.2) is 0 Å². The van der Waals surface area contributed by atoms with E-state index in [0.717, 1.165) is 6.26 Å². The highest BCUT2D eigenvalue weighted by Gasteiger charge is 2.06. The number of hydrogen-bond acceptors (Lipinski definition) is 5. The zero-order valence-corrected chi connectivity index (χ0v) is 13.0. The molecule has 2 heterocycles. The van der Waals surface area contributed by atoms with Crippen molar-refractivity contribution >= 4 is 32.6 Å². The minimum Gasteiger partial charge on any atom is -0.383 e. The molecule has 116 valence electrons. The predicted molar refractivity (Wildman–Crippen MR) is 89.2 cm³/mol. The van der Waals surface area contributed by atoms with Gasteiger partial charge in [-0.25, -0.2) is 18.4 Å². The van der Waals surface area contributed by atoms with Gasteiger partial charge in [-0.3, -0.25) is 4.72 Å². The average molecular weight is 327 g/mol. The van der Waals surface area contributed by atoms with E-state index in [-0.39, 0.29) is 0 Å². The fourth-order valence-electron chi connectivity index (χ4n) is 2.10. The second-order valence-electron chi connectivity index (χ2n) is 4.89. The Bertz CT molecular complexity index is 1040. The Morgan fingerprint density at radius 1 is 1.26 bits per heavy atom. The van der Waals surface area contributed by atoms with Gasteiger partial charge in [0.1, 0.15) is 17.8 Å². The molecule has 0 saturated heterocycles. The Morgan fingerprint density at radius 3 is 2.87 bits per heavy atom. The summed E-state index contributed by atoms with van der Waals surface area (Å²) in [5, 5.41) is 0.672. The summed E-state index contributed by atoms with van der Waals surface area (Å²) in [5.74, 6) is 6.33. The number of nitrogen functional groups attached to an aromatic ring is 1. The Balaban J connectivity index is 1.96. The highest BCUT2D eigenvalue weighted by Crippen LogP contribution is 2.20. The van der Waals surface area contributed by atoms with E-state index >= 15 is 0 Å². The van der Waals surface area contributed by atoms with Crippen LogP contribution in [-0.2, 0) is 10.0 Å². The lowest BCUT2D eigenvalue weighted by atomic mass is 10.2. The molecule has 8 heteroatoms. The SMILES string of the molecule is CS(=O)(=O)Nc1cccc(C#Cc2c[nH]c3ncnc(N)c23)c1. The van der Waals surface area contributed by atoms with E-state index in [9.17, 15) is 8.42 Å². The lowest BCUT2D eigenvalue weighted by Crippen LogP contribution is -2.09. The van der Waals surface area contributed by atoms with Crippen molar-refractivity contribution in [3.05, 3.63) is 47.9 Å². The number of nitrogens with two attached hydrogens (primary N) is 1. The molecule has 0 fully saturated rings. The number of fused-ring (bicyclic) bond motifs is 1. The maximum Gasteiger partial charge on any atom is 0.229 e. The zero-order chi connectivity index (χ0) is 16.4. The van der Waals surface area contributed by atoms with E-state index in [1.807, 2.05) is 0 Å². The number of sulfonamides is 1. The number of aromatic nitrogens is 3. The van der Waals surface area contributed by atoms with Gasteiger partial charge in [-0.2, -0.15) is 0 Å². The van der Waals surface area contributed by atoms with Crippen molar-refractivity contribution in [2.45, 2.75) is 0 Å². The van der Waals surface area contributed by atoms with E-state index in [2.05, 4.69) is 31.5 Å². The number of aromatic amines is 1. The summed E-state index contributed by atoms with van der Waals surface area (Å²) >= 11 is 0. The van der Waals surface area contributed by atoms with E-state index in [1.54, 1.807) is 30.5 Å². The van der Waals surface area contributed by atoms with Gasteiger partial charge < -0.3 is 10.7 Å². The van der Waals surface area contributed by atoms with Crippen LogP contribution in [0.5, 0.6) is 0 Å². The van der Waals surface area contributed by atoms with Crippen LogP contribution in [0.1, 0.15) is 11.1 Å².